The molecule has 0 aliphatic heterocycles. The third kappa shape index (κ3) is 4.83. The summed E-state index contributed by atoms with van der Waals surface area (Å²) in [5.41, 5.74) is 1.64. The Hall–Kier alpha value is -1.83. The lowest BCUT2D eigenvalue weighted by molar-refractivity contribution is 0.121. The number of halogens is 2. The van der Waals surface area contributed by atoms with Gasteiger partial charge in [0.05, 0.1) is 11.5 Å². The van der Waals surface area contributed by atoms with Crippen molar-refractivity contribution in [3.05, 3.63) is 65.2 Å². The minimum Gasteiger partial charge on any atom is -0.377 e. The molecule has 24 heavy (non-hydrogen) atoms. The van der Waals surface area contributed by atoms with Crippen molar-refractivity contribution in [2.24, 2.45) is 0 Å². The van der Waals surface area contributed by atoms with E-state index in [4.69, 9.17) is 4.74 Å². The second kappa shape index (κ2) is 8.32. The summed E-state index contributed by atoms with van der Waals surface area (Å²) >= 11 is 0. The van der Waals surface area contributed by atoms with Crippen LogP contribution in [0.25, 0.3) is 0 Å². The molecule has 0 atom stereocenters. The van der Waals surface area contributed by atoms with Gasteiger partial charge in [0, 0.05) is 13.2 Å². The highest BCUT2D eigenvalue weighted by Crippen LogP contribution is 2.15. The van der Waals surface area contributed by atoms with Crippen molar-refractivity contribution in [1.29, 1.82) is 0 Å². The van der Waals surface area contributed by atoms with E-state index in [1.165, 1.54) is 0 Å². The molecular formula is C17H19F2NO3S. The van der Waals surface area contributed by atoms with Gasteiger partial charge in [-0.25, -0.2) is 21.9 Å². The molecule has 2 aromatic rings. The summed E-state index contributed by atoms with van der Waals surface area (Å²) in [5.74, 6) is -2.29. The molecule has 4 nitrogen and oxygen atoms in total. The maximum absolute atomic E-state index is 13.2. The Labute approximate surface area is 140 Å². The van der Waals surface area contributed by atoms with Gasteiger partial charge in [-0.05, 0) is 35.7 Å². The number of sulfonamides is 1. The van der Waals surface area contributed by atoms with E-state index in [2.05, 4.69) is 4.72 Å². The summed E-state index contributed by atoms with van der Waals surface area (Å²) < 4.78 is 58.5. The van der Waals surface area contributed by atoms with Crippen LogP contribution in [0.4, 0.5) is 8.78 Å². The first-order chi connectivity index (χ1) is 11.4. The number of ether oxygens (including phenoxy) is 1. The molecule has 2 aromatic carbocycles. The minimum atomic E-state index is -3.94. The highest BCUT2D eigenvalue weighted by atomic mass is 32.2. The molecule has 0 saturated heterocycles. The molecule has 7 heteroatoms. The maximum Gasteiger partial charge on any atom is 0.240 e. The monoisotopic (exact) mass is 355 g/mol. The normalized spacial score (nSPS) is 11.6. The number of benzene rings is 2. The van der Waals surface area contributed by atoms with E-state index in [1.807, 2.05) is 19.1 Å². The quantitative estimate of drug-likeness (QED) is 0.739. The molecular weight excluding hydrogens is 336 g/mol. The van der Waals surface area contributed by atoms with Crippen LogP contribution >= 0.6 is 0 Å². The van der Waals surface area contributed by atoms with Gasteiger partial charge in [0.2, 0.25) is 10.0 Å². The summed E-state index contributed by atoms with van der Waals surface area (Å²) in [7, 11) is -3.94. The second-order valence-corrected chi connectivity index (χ2v) is 6.99. The number of rotatable bonds is 8. The Bertz CT molecular complexity index is 794. The van der Waals surface area contributed by atoms with Gasteiger partial charge in [-0.3, -0.25) is 0 Å². The van der Waals surface area contributed by atoms with Crippen molar-refractivity contribution in [2.75, 3.05) is 6.61 Å². The first-order valence-corrected chi connectivity index (χ1v) is 9.01. The highest BCUT2D eigenvalue weighted by Gasteiger charge is 2.16. The lowest BCUT2D eigenvalue weighted by Gasteiger charge is -2.11. The number of nitrogens with one attached hydrogen (secondary N) is 1. The number of hydrogen-bond donors (Lipinski definition) is 1. The van der Waals surface area contributed by atoms with E-state index in [0.717, 1.165) is 29.7 Å². The van der Waals surface area contributed by atoms with E-state index in [1.54, 1.807) is 12.1 Å². The zero-order valence-corrected chi connectivity index (χ0v) is 14.1. The Kier molecular flexibility index (Phi) is 6.42. The molecule has 0 heterocycles. The van der Waals surface area contributed by atoms with E-state index >= 15 is 0 Å². The van der Waals surface area contributed by atoms with Gasteiger partial charge < -0.3 is 4.74 Å². The van der Waals surface area contributed by atoms with Crippen LogP contribution in [0.15, 0.2) is 47.4 Å². The van der Waals surface area contributed by atoms with Crippen LogP contribution < -0.4 is 4.72 Å². The minimum absolute atomic E-state index is 0.0347. The molecule has 0 saturated carbocycles. The van der Waals surface area contributed by atoms with Crippen LogP contribution in [0, 0.1) is 11.6 Å². The van der Waals surface area contributed by atoms with Crippen molar-refractivity contribution in [3.8, 4) is 0 Å². The molecule has 0 aliphatic carbocycles. The molecule has 130 valence electrons. The second-order valence-electron chi connectivity index (χ2n) is 5.22. The lowest BCUT2D eigenvalue weighted by Crippen LogP contribution is -2.24. The van der Waals surface area contributed by atoms with Crippen LogP contribution in [0.5, 0.6) is 0 Å². The van der Waals surface area contributed by atoms with E-state index in [-0.39, 0.29) is 11.4 Å². The van der Waals surface area contributed by atoms with Gasteiger partial charge in [0.1, 0.15) is 0 Å². The van der Waals surface area contributed by atoms with Gasteiger partial charge in [-0.15, -0.1) is 0 Å². The molecule has 0 aliphatic rings. The van der Waals surface area contributed by atoms with Crippen molar-refractivity contribution in [2.45, 2.75) is 31.4 Å². The fourth-order valence-corrected chi connectivity index (χ4v) is 3.12. The van der Waals surface area contributed by atoms with Crippen molar-refractivity contribution < 1.29 is 21.9 Å². The Morgan fingerprint density at radius 1 is 1.04 bits per heavy atom. The topological polar surface area (TPSA) is 55.4 Å². The Balaban J connectivity index is 2.10. The molecule has 0 spiro atoms. The van der Waals surface area contributed by atoms with Gasteiger partial charge in [0.15, 0.2) is 11.6 Å². The molecule has 0 bridgehead atoms. The lowest BCUT2D eigenvalue weighted by atomic mass is 10.1. The third-order valence-electron chi connectivity index (χ3n) is 3.38. The largest absolute Gasteiger partial charge is 0.377 e. The summed E-state index contributed by atoms with van der Waals surface area (Å²) in [6.07, 6.45) is 0.894. The van der Waals surface area contributed by atoms with Crippen molar-refractivity contribution >= 4 is 10.0 Å². The van der Waals surface area contributed by atoms with Crippen LogP contribution in [-0.2, 0) is 27.9 Å². The fraction of sp³-hybridized carbons (Fsp3) is 0.294. The SMILES string of the molecule is CCCOCc1ccccc1CNS(=O)(=O)c1ccc(F)c(F)c1. The smallest absolute Gasteiger partial charge is 0.240 e. The summed E-state index contributed by atoms with van der Waals surface area (Å²) in [5, 5.41) is 0. The molecule has 0 radical (unpaired) electrons. The molecule has 0 amide bonds. The molecule has 0 aromatic heterocycles. The Morgan fingerprint density at radius 3 is 2.42 bits per heavy atom. The van der Waals surface area contributed by atoms with Crippen LogP contribution in [0.1, 0.15) is 24.5 Å². The van der Waals surface area contributed by atoms with Crippen LogP contribution in [0.3, 0.4) is 0 Å². The summed E-state index contributed by atoms with van der Waals surface area (Å²) in [6, 6.07) is 9.76. The summed E-state index contributed by atoms with van der Waals surface area (Å²) in [4.78, 5) is -0.318. The maximum atomic E-state index is 13.2. The number of hydrogen-bond acceptors (Lipinski definition) is 3. The summed E-state index contributed by atoms with van der Waals surface area (Å²) in [6.45, 7) is 3.04. The molecule has 0 unspecified atom stereocenters. The average molecular weight is 355 g/mol. The van der Waals surface area contributed by atoms with Crippen molar-refractivity contribution in [1.82, 2.24) is 4.72 Å². The molecule has 2 rings (SSSR count). The molecule has 0 fully saturated rings. The van der Waals surface area contributed by atoms with Gasteiger partial charge in [0.25, 0.3) is 0 Å². The third-order valence-corrected chi connectivity index (χ3v) is 4.78. The fourth-order valence-electron chi connectivity index (χ4n) is 2.10. The van der Waals surface area contributed by atoms with Gasteiger partial charge >= 0.3 is 0 Å². The van der Waals surface area contributed by atoms with Crippen molar-refractivity contribution in [3.63, 3.8) is 0 Å². The first-order valence-electron chi connectivity index (χ1n) is 7.53. The van der Waals surface area contributed by atoms with E-state index in [9.17, 15) is 17.2 Å². The zero-order valence-electron chi connectivity index (χ0n) is 13.3. The van der Waals surface area contributed by atoms with E-state index < -0.39 is 21.7 Å². The average Bonchev–Trinajstić information content (AvgIpc) is 2.56. The standard InChI is InChI=1S/C17H19F2NO3S/c1-2-9-23-12-14-6-4-3-5-13(14)11-20-24(21,22)15-7-8-16(18)17(19)10-15/h3-8,10,20H,2,9,11-12H2,1H3. The first kappa shape index (κ1) is 18.5. The predicted octanol–water partition coefficient (Wildman–Crippen LogP) is 3.37. The zero-order chi connectivity index (χ0) is 17.6. The van der Waals surface area contributed by atoms with Crippen LogP contribution in [-0.4, -0.2) is 15.0 Å². The highest BCUT2D eigenvalue weighted by molar-refractivity contribution is 7.89. The van der Waals surface area contributed by atoms with Gasteiger partial charge in [-0.2, -0.15) is 0 Å². The Morgan fingerprint density at radius 2 is 1.75 bits per heavy atom. The van der Waals surface area contributed by atoms with Crippen LogP contribution in [0.2, 0.25) is 0 Å². The molecule has 1 N–H and O–H groups in total. The van der Waals surface area contributed by atoms with E-state index in [0.29, 0.717) is 19.3 Å². The van der Waals surface area contributed by atoms with Gasteiger partial charge in [-0.1, -0.05) is 31.2 Å². The predicted molar refractivity (Wildman–Crippen MR) is 86.8 cm³/mol.